The average molecular weight is 331 g/mol. The maximum atomic E-state index is 12.8. The first-order valence-corrected chi connectivity index (χ1v) is 8.40. The highest BCUT2D eigenvalue weighted by Gasteiger charge is 2.30. The molecule has 1 rings (SSSR count). The summed E-state index contributed by atoms with van der Waals surface area (Å²) in [4.78, 5) is -0.0420. The molecular formula is C14H19ClN2O3S. The van der Waals surface area contributed by atoms with Crippen LogP contribution in [0.3, 0.4) is 0 Å². The summed E-state index contributed by atoms with van der Waals surface area (Å²) in [5, 5.41) is 9.04. The van der Waals surface area contributed by atoms with Crippen molar-refractivity contribution >= 4 is 21.6 Å². The Morgan fingerprint density at radius 1 is 1.48 bits per heavy atom. The zero-order chi connectivity index (χ0) is 16.0. The van der Waals surface area contributed by atoms with Gasteiger partial charge in [-0.25, -0.2) is 8.42 Å². The minimum absolute atomic E-state index is 0.0420. The van der Waals surface area contributed by atoms with Gasteiger partial charge in [-0.1, -0.05) is 18.5 Å². The molecule has 0 amide bonds. The topological polar surface area (TPSA) is 70.4 Å². The van der Waals surface area contributed by atoms with Gasteiger partial charge in [-0.3, -0.25) is 0 Å². The number of nitriles is 1. The van der Waals surface area contributed by atoms with Crippen molar-refractivity contribution in [3.8, 4) is 6.07 Å². The van der Waals surface area contributed by atoms with Gasteiger partial charge in [-0.05, 0) is 31.5 Å². The van der Waals surface area contributed by atoms with Crippen molar-refractivity contribution in [2.75, 3.05) is 20.3 Å². The zero-order valence-electron chi connectivity index (χ0n) is 12.3. The SMILES string of the molecule is CCC(C)N(CCOC)S(=O)(=O)c1cc(C#N)ccc1Cl. The molecule has 0 aliphatic heterocycles. The van der Waals surface area contributed by atoms with E-state index in [-0.39, 0.29) is 28.1 Å². The first-order valence-electron chi connectivity index (χ1n) is 6.58. The second kappa shape index (κ2) is 7.76. The molecule has 0 radical (unpaired) electrons. The van der Waals surface area contributed by atoms with Crippen LogP contribution in [0.15, 0.2) is 23.1 Å². The monoisotopic (exact) mass is 330 g/mol. The van der Waals surface area contributed by atoms with Crippen LogP contribution in [0.4, 0.5) is 0 Å². The van der Waals surface area contributed by atoms with Crippen LogP contribution in [0.1, 0.15) is 25.8 Å². The Morgan fingerprint density at radius 2 is 2.14 bits per heavy atom. The predicted molar refractivity (Wildman–Crippen MR) is 81.7 cm³/mol. The van der Waals surface area contributed by atoms with E-state index >= 15 is 0 Å². The summed E-state index contributed by atoms with van der Waals surface area (Å²) in [5.41, 5.74) is 0.258. The molecule has 116 valence electrons. The maximum Gasteiger partial charge on any atom is 0.244 e. The lowest BCUT2D eigenvalue weighted by Crippen LogP contribution is -2.40. The van der Waals surface area contributed by atoms with E-state index in [2.05, 4.69) is 0 Å². The van der Waals surface area contributed by atoms with Crippen LogP contribution in [0.25, 0.3) is 0 Å². The first kappa shape index (κ1) is 17.9. The van der Waals surface area contributed by atoms with Crippen molar-refractivity contribution < 1.29 is 13.2 Å². The molecule has 1 unspecified atom stereocenters. The van der Waals surface area contributed by atoms with Gasteiger partial charge in [-0.15, -0.1) is 0 Å². The van der Waals surface area contributed by atoms with E-state index in [0.29, 0.717) is 13.0 Å². The van der Waals surface area contributed by atoms with Crippen molar-refractivity contribution in [1.82, 2.24) is 4.31 Å². The summed E-state index contributed by atoms with van der Waals surface area (Å²) in [6.45, 7) is 4.27. The van der Waals surface area contributed by atoms with E-state index in [1.807, 2.05) is 19.9 Å². The van der Waals surface area contributed by atoms with Crippen molar-refractivity contribution in [2.24, 2.45) is 0 Å². The van der Waals surface area contributed by atoms with Crippen LogP contribution in [0.2, 0.25) is 5.02 Å². The molecule has 7 heteroatoms. The molecule has 0 aliphatic rings. The fourth-order valence-electron chi connectivity index (χ4n) is 1.86. The highest BCUT2D eigenvalue weighted by Crippen LogP contribution is 2.27. The Bertz CT molecular complexity index is 626. The molecule has 0 aliphatic carbocycles. The molecule has 1 aromatic rings. The van der Waals surface area contributed by atoms with Gasteiger partial charge in [-0.2, -0.15) is 9.57 Å². The zero-order valence-corrected chi connectivity index (χ0v) is 13.9. The lowest BCUT2D eigenvalue weighted by Gasteiger charge is -2.27. The molecule has 0 fully saturated rings. The third-order valence-electron chi connectivity index (χ3n) is 3.25. The fraction of sp³-hybridized carbons (Fsp3) is 0.500. The van der Waals surface area contributed by atoms with Gasteiger partial charge in [0.05, 0.1) is 23.3 Å². The molecule has 0 spiro atoms. The van der Waals surface area contributed by atoms with E-state index in [9.17, 15) is 8.42 Å². The quantitative estimate of drug-likeness (QED) is 0.770. The Hall–Kier alpha value is -1.13. The number of nitrogens with zero attached hydrogens (tertiary/aromatic N) is 2. The third kappa shape index (κ3) is 4.17. The molecular weight excluding hydrogens is 312 g/mol. The van der Waals surface area contributed by atoms with E-state index in [1.165, 1.54) is 29.6 Å². The van der Waals surface area contributed by atoms with Crippen LogP contribution in [0, 0.1) is 11.3 Å². The average Bonchev–Trinajstić information content (AvgIpc) is 2.47. The van der Waals surface area contributed by atoms with Crippen LogP contribution in [-0.4, -0.2) is 39.0 Å². The normalized spacial score (nSPS) is 13.1. The molecule has 5 nitrogen and oxygen atoms in total. The number of hydrogen-bond donors (Lipinski definition) is 0. The van der Waals surface area contributed by atoms with Gasteiger partial charge >= 0.3 is 0 Å². The van der Waals surface area contributed by atoms with Gasteiger partial charge in [0.1, 0.15) is 4.90 Å². The van der Waals surface area contributed by atoms with Crippen molar-refractivity contribution in [3.63, 3.8) is 0 Å². The second-order valence-corrected chi connectivity index (χ2v) is 6.89. The van der Waals surface area contributed by atoms with Crippen molar-refractivity contribution in [3.05, 3.63) is 28.8 Å². The number of sulfonamides is 1. The van der Waals surface area contributed by atoms with E-state index in [0.717, 1.165) is 0 Å². The van der Waals surface area contributed by atoms with Crippen LogP contribution in [-0.2, 0) is 14.8 Å². The summed E-state index contributed by atoms with van der Waals surface area (Å²) >= 11 is 6.02. The molecule has 0 saturated heterocycles. The van der Waals surface area contributed by atoms with Gasteiger partial charge in [0.15, 0.2) is 0 Å². The standard InChI is InChI=1S/C14H19ClN2O3S/c1-4-11(2)17(7-8-20-3)21(18,19)14-9-12(10-16)5-6-13(14)15/h5-6,9,11H,4,7-8H2,1-3H3. The van der Waals surface area contributed by atoms with Crippen LogP contribution >= 0.6 is 11.6 Å². The van der Waals surface area contributed by atoms with Crippen molar-refractivity contribution in [1.29, 1.82) is 5.26 Å². The number of halogens is 1. The number of methoxy groups -OCH3 is 1. The minimum Gasteiger partial charge on any atom is -0.383 e. The summed E-state index contributed by atoms with van der Waals surface area (Å²) in [7, 11) is -2.26. The highest BCUT2D eigenvalue weighted by molar-refractivity contribution is 7.89. The molecule has 0 aromatic heterocycles. The molecule has 0 N–H and O–H groups in total. The number of ether oxygens (including phenoxy) is 1. The number of rotatable bonds is 7. The number of hydrogen-bond acceptors (Lipinski definition) is 4. The van der Waals surface area contributed by atoms with Gasteiger partial charge < -0.3 is 4.74 Å². The fourth-order valence-corrected chi connectivity index (χ4v) is 4.05. The van der Waals surface area contributed by atoms with Crippen molar-refractivity contribution in [2.45, 2.75) is 31.2 Å². The van der Waals surface area contributed by atoms with Gasteiger partial charge in [0, 0.05) is 19.7 Å². The molecule has 0 saturated carbocycles. The van der Waals surface area contributed by atoms with Crippen LogP contribution in [0.5, 0.6) is 0 Å². The summed E-state index contributed by atoms with van der Waals surface area (Å²) in [6, 6.07) is 5.96. The summed E-state index contributed by atoms with van der Waals surface area (Å²) < 4.78 is 31.9. The largest absolute Gasteiger partial charge is 0.383 e. The van der Waals surface area contributed by atoms with E-state index in [1.54, 1.807) is 0 Å². The summed E-state index contributed by atoms with van der Waals surface area (Å²) in [5.74, 6) is 0. The Labute approximate surface area is 131 Å². The minimum atomic E-state index is -3.78. The Balaban J connectivity index is 3.31. The molecule has 1 aromatic carbocycles. The maximum absolute atomic E-state index is 12.8. The predicted octanol–water partition coefficient (Wildman–Crippen LogP) is 2.65. The van der Waals surface area contributed by atoms with Crippen LogP contribution < -0.4 is 0 Å². The lowest BCUT2D eigenvalue weighted by molar-refractivity contribution is 0.167. The molecule has 0 bridgehead atoms. The van der Waals surface area contributed by atoms with E-state index < -0.39 is 10.0 Å². The lowest BCUT2D eigenvalue weighted by atomic mass is 10.2. The summed E-state index contributed by atoms with van der Waals surface area (Å²) in [6.07, 6.45) is 0.665. The first-order chi connectivity index (χ1) is 9.88. The van der Waals surface area contributed by atoms with E-state index in [4.69, 9.17) is 21.6 Å². The molecule has 0 heterocycles. The van der Waals surface area contributed by atoms with Gasteiger partial charge in [0.25, 0.3) is 0 Å². The molecule has 1 atom stereocenters. The number of benzene rings is 1. The van der Waals surface area contributed by atoms with Gasteiger partial charge in [0.2, 0.25) is 10.0 Å². The Kier molecular flexibility index (Phi) is 6.62. The third-order valence-corrected chi connectivity index (χ3v) is 5.74. The molecule has 21 heavy (non-hydrogen) atoms. The Morgan fingerprint density at radius 3 is 2.67 bits per heavy atom. The smallest absolute Gasteiger partial charge is 0.244 e. The highest BCUT2D eigenvalue weighted by atomic mass is 35.5. The second-order valence-electron chi connectivity index (χ2n) is 4.62.